The molecule has 70 valence electrons. The normalized spacial score (nSPS) is 25.4. The summed E-state index contributed by atoms with van der Waals surface area (Å²) in [5.74, 6) is 0.371. The molecule has 0 unspecified atom stereocenters. The van der Waals surface area contributed by atoms with Crippen LogP contribution in [0.25, 0.3) is 0 Å². The minimum atomic E-state index is -0.640. The Kier molecular flexibility index (Phi) is 2.62. The average molecular weight is 288 g/mol. The van der Waals surface area contributed by atoms with Crippen molar-refractivity contribution in [2.24, 2.45) is 16.1 Å². The van der Waals surface area contributed by atoms with Crippen LogP contribution in [0.5, 0.6) is 0 Å². The Bertz CT molecular complexity index is 324. The Morgan fingerprint density at radius 3 is 3.00 bits per heavy atom. The molecule has 2 nitrogen and oxygen atoms in total. The first kappa shape index (κ1) is 9.12. The average Bonchev–Trinajstić information content (AvgIpc) is 2.49. The van der Waals surface area contributed by atoms with Crippen LogP contribution in [0.1, 0.15) is 0 Å². The maximum absolute atomic E-state index is 4.04. The van der Waals surface area contributed by atoms with E-state index < -0.39 is 19.8 Å². The fourth-order valence-electron chi connectivity index (χ4n) is 1.46. The molecule has 0 aromatic rings. The van der Waals surface area contributed by atoms with Crippen molar-refractivity contribution in [2.45, 2.75) is 0 Å². The van der Waals surface area contributed by atoms with E-state index in [1.54, 1.807) is 0 Å². The molecule has 0 aromatic carbocycles. The number of nitrogens with zero attached hydrogens (tertiary/aromatic N) is 2. The van der Waals surface area contributed by atoms with E-state index in [-0.39, 0.29) is 0 Å². The second-order valence-corrected chi connectivity index (χ2v) is 9.41. The van der Waals surface area contributed by atoms with Gasteiger partial charge in [-0.1, -0.05) is 0 Å². The van der Waals surface area contributed by atoms with E-state index >= 15 is 0 Å². The number of hydrogen-bond donors (Lipinski definition) is 0. The van der Waals surface area contributed by atoms with Crippen LogP contribution in [-0.2, 0) is 0 Å². The molecule has 0 saturated heterocycles. The predicted octanol–water partition coefficient (Wildman–Crippen LogP) is 2.31. The van der Waals surface area contributed by atoms with Gasteiger partial charge >= 0.3 is 86.0 Å². The van der Waals surface area contributed by atoms with Gasteiger partial charge in [0.2, 0.25) is 0 Å². The second kappa shape index (κ2) is 3.74. The predicted molar refractivity (Wildman–Crippen MR) is 67.4 cm³/mol. The van der Waals surface area contributed by atoms with E-state index in [4.69, 9.17) is 0 Å². The molecule has 0 fully saturated rings. The molecular weight excluding hydrogens is 275 g/mol. The molecule has 1 aliphatic carbocycles. The number of allylic oxidation sites excluding steroid dienone is 4. The van der Waals surface area contributed by atoms with Crippen LogP contribution in [0, 0.1) is 5.92 Å². The molecule has 1 atom stereocenters. The zero-order chi connectivity index (χ0) is 9.26. The summed E-state index contributed by atoms with van der Waals surface area (Å²) in [5, 5.41) is 7.96. The van der Waals surface area contributed by atoms with Crippen LogP contribution < -0.4 is 0 Å². The first-order chi connectivity index (χ1) is 6.25. The van der Waals surface area contributed by atoms with Crippen molar-refractivity contribution in [3.63, 3.8) is 0 Å². The molecule has 0 saturated carbocycles. The van der Waals surface area contributed by atoms with Gasteiger partial charge in [-0.05, 0) is 0 Å². The number of rotatable bonds is 2. The monoisotopic (exact) mass is 288 g/mol. The third-order valence-electron chi connectivity index (χ3n) is 2.03. The molecule has 2 rings (SSSR count). The Labute approximate surface area is 85.9 Å². The molecule has 1 aliphatic heterocycles. The summed E-state index contributed by atoms with van der Waals surface area (Å²) < 4.78 is 1.30. The molecule has 0 spiro atoms. The van der Waals surface area contributed by atoms with E-state index in [0.29, 0.717) is 5.92 Å². The van der Waals surface area contributed by atoms with Gasteiger partial charge in [0.1, 0.15) is 0 Å². The Morgan fingerprint density at radius 2 is 2.23 bits per heavy atom. The van der Waals surface area contributed by atoms with Gasteiger partial charge in [-0.15, -0.1) is 0 Å². The molecule has 0 amide bonds. The van der Waals surface area contributed by atoms with Gasteiger partial charge in [0, 0.05) is 0 Å². The molecule has 13 heavy (non-hydrogen) atoms. The van der Waals surface area contributed by atoms with Crippen LogP contribution in [0.2, 0.25) is 0 Å². The summed E-state index contributed by atoms with van der Waals surface area (Å²) >= 11 is -0.640. The number of alkyl halides is 3. The van der Waals surface area contributed by atoms with Crippen molar-refractivity contribution in [2.75, 3.05) is 14.3 Å². The molecular formula is C10H13IN2. The summed E-state index contributed by atoms with van der Waals surface area (Å²) in [4.78, 5) is 4.79. The molecule has 0 N–H and O–H groups in total. The van der Waals surface area contributed by atoms with Crippen LogP contribution in [0.4, 0.5) is 0 Å². The van der Waals surface area contributed by atoms with Crippen LogP contribution in [0.15, 0.2) is 34.0 Å². The number of hydrogen-bond acceptors (Lipinski definition) is 2. The molecule has 2 aliphatic rings. The van der Waals surface area contributed by atoms with Gasteiger partial charge in [0.05, 0.1) is 0 Å². The minimum absolute atomic E-state index is 0.371. The maximum atomic E-state index is 4.04. The summed E-state index contributed by atoms with van der Waals surface area (Å²) in [5.41, 5.74) is 2.57. The SMILES string of the molecule is CI(C)CC1=C[C@H]2C=NN=C2C=C1. The summed E-state index contributed by atoms with van der Waals surface area (Å²) in [6.45, 7) is 0. The molecule has 3 heteroatoms. The van der Waals surface area contributed by atoms with Crippen LogP contribution in [-0.4, -0.2) is 26.2 Å². The zero-order valence-electron chi connectivity index (χ0n) is 7.87. The van der Waals surface area contributed by atoms with E-state index in [2.05, 4.69) is 38.3 Å². The molecule has 0 aromatic heterocycles. The summed E-state index contributed by atoms with van der Waals surface area (Å²) in [7, 11) is 0. The Balaban J connectivity index is 2.12. The van der Waals surface area contributed by atoms with Crippen molar-refractivity contribution in [3.05, 3.63) is 23.8 Å². The van der Waals surface area contributed by atoms with Crippen molar-refractivity contribution in [3.8, 4) is 0 Å². The molecule has 1 heterocycles. The Morgan fingerprint density at radius 1 is 1.38 bits per heavy atom. The standard InChI is InChI=1S/C10H13IN2/c1-11(2)6-8-3-4-10-9(5-8)7-12-13-10/h3-5,7,9H,6H2,1-2H3/t9-/m0/s1. The molecule has 0 bridgehead atoms. The van der Waals surface area contributed by atoms with E-state index in [1.807, 2.05) is 6.21 Å². The summed E-state index contributed by atoms with van der Waals surface area (Å²) in [6, 6.07) is 0. The van der Waals surface area contributed by atoms with Crippen molar-refractivity contribution >= 4 is 31.7 Å². The first-order valence-corrected chi connectivity index (χ1v) is 10.1. The van der Waals surface area contributed by atoms with Gasteiger partial charge in [0.15, 0.2) is 0 Å². The van der Waals surface area contributed by atoms with Crippen molar-refractivity contribution in [1.82, 2.24) is 0 Å². The quantitative estimate of drug-likeness (QED) is 0.550. The number of halogens is 1. The second-order valence-electron chi connectivity index (χ2n) is 3.44. The van der Waals surface area contributed by atoms with Gasteiger partial charge in [-0.25, -0.2) is 0 Å². The molecule has 0 radical (unpaired) electrons. The van der Waals surface area contributed by atoms with Gasteiger partial charge in [-0.3, -0.25) is 0 Å². The zero-order valence-corrected chi connectivity index (χ0v) is 10.0. The fraction of sp³-hybridized carbons (Fsp3) is 0.400. The van der Waals surface area contributed by atoms with Crippen LogP contribution >= 0.6 is 19.8 Å². The topological polar surface area (TPSA) is 24.7 Å². The van der Waals surface area contributed by atoms with Crippen molar-refractivity contribution in [1.29, 1.82) is 0 Å². The third kappa shape index (κ3) is 2.07. The number of fused-ring (bicyclic) bond motifs is 1. The van der Waals surface area contributed by atoms with E-state index in [9.17, 15) is 0 Å². The third-order valence-corrected chi connectivity index (χ3v) is 4.43. The van der Waals surface area contributed by atoms with E-state index in [0.717, 1.165) is 5.71 Å². The Hall–Kier alpha value is -0.450. The summed E-state index contributed by atoms with van der Waals surface area (Å²) in [6.07, 6.45) is 8.52. The fourth-order valence-corrected chi connectivity index (χ4v) is 3.73. The van der Waals surface area contributed by atoms with Gasteiger partial charge < -0.3 is 0 Å². The van der Waals surface area contributed by atoms with E-state index in [1.165, 1.54) is 10.0 Å². The van der Waals surface area contributed by atoms with Crippen LogP contribution in [0.3, 0.4) is 0 Å². The van der Waals surface area contributed by atoms with Gasteiger partial charge in [0.25, 0.3) is 0 Å². The first-order valence-electron chi connectivity index (χ1n) is 4.21. The van der Waals surface area contributed by atoms with Gasteiger partial charge in [-0.2, -0.15) is 0 Å². The van der Waals surface area contributed by atoms with Crippen molar-refractivity contribution < 1.29 is 0 Å².